The Hall–Kier alpha value is -0.160. The van der Waals surface area contributed by atoms with Crippen LogP contribution < -0.4 is 0 Å². The molecule has 0 aromatic rings. The molecule has 0 aromatic carbocycles. The molecule has 3 N–H and O–H groups in total. The van der Waals surface area contributed by atoms with Gasteiger partial charge in [-0.25, -0.2) is 0 Å². The largest absolute Gasteiger partial charge is 0.395 e. The van der Waals surface area contributed by atoms with Gasteiger partial charge >= 0.3 is 0 Å². The maximum absolute atomic E-state index is 8.88. The number of aliphatic hydroxyl groups excluding tert-OH is 3. The van der Waals surface area contributed by atoms with Gasteiger partial charge in [0.2, 0.25) is 0 Å². The minimum absolute atomic E-state index is 0.0780. The van der Waals surface area contributed by atoms with E-state index in [1.165, 1.54) is 0 Å². The molecule has 0 radical (unpaired) electrons. The lowest BCUT2D eigenvalue weighted by Crippen LogP contribution is -2.33. The van der Waals surface area contributed by atoms with Crippen molar-refractivity contribution in [3.05, 3.63) is 0 Å². The van der Waals surface area contributed by atoms with Crippen LogP contribution in [0.15, 0.2) is 0 Å². The quantitative estimate of drug-likeness (QED) is 0.434. The van der Waals surface area contributed by atoms with Gasteiger partial charge in [0.1, 0.15) is 0 Å². The molecular formula is C6H15NO3. The molecule has 0 aliphatic carbocycles. The van der Waals surface area contributed by atoms with E-state index in [-0.39, 0.29) is 13.2 Å². The van der Waals surface area contributed by atoms with Crippen molar-refractivity contribution in [3.8, 4) is 0 Å². The number of nitrogens with zero attached hydrogens (tertiary/aromatic N) is 1. The first-order valence-corrected chi connectivity index (χ1v) is 3.29. The van der Waals surface area contributed by atoms with E-state index >= 15 is 0 Å². The Labute approximate surface area is 60.7 Å². The van der Waals surface area contributed by atoms with Crippen molar-refractivity contribution in [2.75, 3.05) is 33.4 Å². The average molecular weight is 149 g/mol. The van der Waals surface area contributed by atoms with Crippen molar-refractivity contribution in [3.63, 3.8) is 0 Å². The number of aliphatic hydroxyl groups is 3. The Balaban J connectivity index is 3.27. The van der Waals surface area contributed by atoms with Gasteiger partial charge in [0.25, 0.3) is 0 Å². The Bertz CT molecular complexity index is 79.4. The van der Waals surface area contributed by atoms with Gasteiger partial charge in [-0.15, -0.1) is 0 Å². The van der Waals surface area contributed by atoms with E-state index in [0.29, 0.717) is 13.1 Å². The molecule has 0 fully saturated rings. The van der Waals surface area contributed by atoms with Crippen molar-refractivity contribution in [2.24, 2.45) is 0 Å². The summed E-state index contributed by atoms with van der Waals surface area (Å²) in [7, 11) is 1.77. The van der Waals surface area contributed by atoms with Gasteiger partial charge in [-0.05, 0) is 7.05 Å². The van der Waals surface area contributed by atoms with Gasteiger partial charge in [0, 0.05) is 13.1 Å². The summed E-state index contributed by atoms with van der Waals surface area (Å²) in [5, 5.41) is 25.7. The maximum Gasteiger partial charge on any atom is 0.0897 e. The Kier molecular flexibility index (Phi) is 5.52. The molecule has 0 unspecified atom stereocenters. The van der Waals surface area contributed by atoms with E-state index in [0.717, 1.165) is 0 Å². The fourth-order valence-electron chi connectivity index (χ4n) is 0.680. The molecule has 0 rings (SSSR count). The summed E-state index contributed by atoms with van der Waals surface area (Å²) in [4.78, 5) is 1.75. The normalized spacial score (nSPS) is 14.1. The molecule has 0 aliphatic rings. The standard InChI is InChI=1S/C6H15NO3/c1-7(2-3-8)4-6(10)5-9/h6,8-10H,2-5H2,1H3/t6-/m0/s1. The van der Waals surface area contributed by atoms with Crippen LogP contribution in [0.3, 0.4) is 0 Å². The summed E-state index contributed by atoms with van der Waals surface area (Å²) in [6.07, 6.45) is -0.698. The molecule has 10 heavy (non-hydrogen) atoms. The second kappa shape index (κ2) is 5.61. The zero-order valence-corrected chi connectivity index (χ0v) is 6.19. The molecule has 0 bridgehead atoms. The molecule has 0 heterocycles. The van der Waals surface area contributed by atoms with Crippen LogP contribution in [0.25, 0.3) is 0 Å². The van der Waals surface area contributed by atoms with E-state index in [2.05, 4.69) is 0 Å². The van der Waals surface area contributed by atoms with E-state index < -0.39 is 6.10 Å². The molecule has 4 heteroatoms. The lowest BCUT2D eigenvalue weighted by atomic mass is 10.3. The first kappa shape index (κ1) is 9.84. The first-order valence-electron chi connectivity index (χ1n) is 3.29. The highest BCUT2D eigenvalue weighted by atomic mass is 16.3. The summed E-state index contributed by atoms with van der Waals surface area (Å²) < 4.78 is 0. The number of hydrogen-bond donors (Lipinski definition) is 3. The van der Waals surface area contributed by atoms with Gasteiger partial charge in [-0.2, -0.15) is 0 Å². The van der Waals surface area contributed by atoms with Crippen molar-refractivity contribution in [2.45, 2.75) is 6.10 Å². The molecule has 0 saturated heterocycles. The van der Waals surface area contributed by atoms with Crippen LogP contribution in [-0.2, 0) is 0 Å². The van der Waals surface area contributed by atoms with Crippen LogP contribution in [0, 0.1) is 0 Å². The predicted molar refractivity (Wildman–Crippen MR) is 37.7 cm³/mol. The van der Waals surface area contributed by atoms with Gasteiger partial charge < -0.3 is 20.2 Å². The van der Waals surface area contributed by atoms with E-state index in [1.807, 2.05) is 0 Å². The predicted octanol–water partition coefficient (Wildman–Crippen LogP) is -1.74. The van der Waals surface area contributed by atoms with E-state index in [9.17, 15) is 0 Å². The monoisotopic (exact) mass is 149 g/mol. The second-order valence-corrected chi connectivity index (χ2v) is 2.32. The molecule has 0 aliphatic heterocycles. The van der Waals surface area contributed by atoms with E-state index in [1.54, 1.807) is 11.9 Å². The van der Waals surface area contributed by atoms with Crippen LogP contribution in [-0.4, -0.2) is 59.7 Å². The summed E-state index contributed by atoms with van der Waals surface area (Å²) in [5.41, 5.74) is 0. The molecule has 0 amide bonds. The maximum atomic E-state index is 8.88. The van der Waals surface area contributed by atoms with Crippen molar-refractivity contribution in [1.29, 1.82) is 0 Å². The number of hydrogen-bond acceptors (Lipinski definition) is 4. The van der Waals surface area contributed by atoms with Gasteiger partial charge in [-0.3, -0.25) is 0 Å². The van der Waals surface area contributed by atoms with Crippen molar-refractivity contribution >= 4 is 0 Å². The lowest BCUT2D eigenvalue weighted by molar-refractivity contribution is 0.0620. The zero-order valence-electron chi connectivity index (χ0n) is 6.19. The molecule has 4 nitrogen and oxygen atoms in total. The molecule has 0 spiro atoms. The van der Waals surface area contributed by atoms with E-state index in [4.69, 9.17) is 15.3 Å². The molecular weight excluding hydrogens is 134 g/mol. The average Bonchev–Trinajstić information content (AvgIpc) is 1.88. The highest BCUT2D eigenvalue weighted by Crippen LogP contribution is 1.86. The smallest absolute Gasteiger partial charge is 0.0897 e. The first-order chi connectivity index (χ1) is 4.70. The second-order valence-electron chi connectivity index (χ2n) is 2.32. The fourth-order valence-corrected chi connectivity index (χ4v) is 0.680. The summed E-state index contributed by atoms with van der Waals surface area (Å²) >= 11 is 0. The van der Waals surface area contributed by atoms with Crippen LogP contribution in [0.2, 0.25) is 0 Å². The third kappa shape index (κ3) is 4.69. The molecule has 0 aromatic heterocycles. The minimum Gasteiger partial charge on any atom is -0.395 e. The van der Waals surface area contributed by atoms with Crippen LogP contribution in [0.5, 0.6) is 0 Å². The lowest BCUT2D eigenvalue weighted by Gasteiger charge is -2.17. The topological polar surface area (TPSA) is 63.9 Å². The third-order valence-corrected chi connectivity index (χ3v) is 1.21. The van der Waals surface area contributed by atoms with Gasteiger partial charge in [-0.1, -0.05) is 0 Å². The zero-order chi connectivity index (χ0) is 7.98. The fraction of sp³-hybridized carbons (Fsp3) is 1.00. The Morgan fingerprint density at radius 2 is 2.00 bits per heavy atom. The molecule has 62 valence electrons. The number of rotatable bonds is 5. The van der Waals surface area contributed by atoms with Gasteiger partial charge in [0.05, 0.1) is 19.3 Å². The summed E-state index contributed by atoms with van der Waals surface area (Å²) in [6, 6.07) is 0. The third-order valence-electron chi connectivity index (χ3n) is 1.21. The Morgan fingerprint density at radius 1 is 1.40 bits per heavy atom. The van der Waals surface area contributed by atoms with Crippen LogP contribution >= 0.6 is 0 Å². The highest BCUT2D eigenvalue weighted by molar-refractivity contribution is 4.58. The Morgan fingerprint density at radius 3 is 2.40 bits per heavy atom. The molecule has 0 saturated carbocycles. The van der Waals surface area contributed by atoms with Crippen LogP contribution in [0.1, 0.15) is 0 Å². The summed E-state index contributed by atoms with van der Waals surface area (Å²) in [6.45, 7) is 0.776. The minimum atomic E-state index is -0.698. The van der Waals surface area contributed by atoms with Gasteiger partial charge in [0.15, 0.2) is 0 Å². The van der Waals surface area contributed by atoms with Crippen molar-refractivity contribution < 1.29 is 15.3 Å². The highest BCUT2D eigenvalue weighted by Gasteiger charge is 2.04. The summed E-state index contributed by atoms with van der Waals surface area (Å²) in [5.74, 6) is 0. The SMILES string of the molecule is CN(CCO)C[C@H](O)CO. The molecule has 1 atom stereocenters. The van der Waals surface area contributed by atoms with Crippen LogP contribution in [0.4, 0.5) is 0 Å². The van der Waals surface area contributed by atoms with Crippen molar-refractivity contribution in [1.82, 2.24) is 4.90 Å². The number of likely N-dealkylation sites (N-methyl/N-ethyl adjacent to an activating group) is 1.